The van der Waals surface area contributed by atoms with Crippen LogP contribution >= 0.6 is 0 Å². The normalized spacial score (nSPS) is 18.3. The number of hydrogen-bond acceptors (Lipinski definition) is 3. The molecule has 0 radical (unpaired) electrons. The van der Waals surface area contributed by atoms with Gasteiger partial charge in [0.25, 0.3) is 0 Å². The maximum atomic E-state index is 5.67. The summed E-state index contributed by atoms with van der Waals surface area (Å²) in [5, 5.41) is 4.94. The summed E-state index contributed by atoms with van der Waals surface area (Å²) in [6.45, 7) is 18.6. The molecule has 1 saturated carbocycles. The molecule has 264 valence electrons. The minimum absolute atomic E-state index is 0.0479. The van der Waals surface area contributed by atoms with Gasteiger partial charge in [-0.1, -0.05) is 69.4 Å². The maximum Gasteiger partial charge on any atom is 0.145 e. The van der Waals surface area contributed by atoms with Crippen molar-refractivity contribution in [2.24, 2.45) is 10.4 Å². The number of aryl methyl sites for hydroxylation is 3. The van der Waals surface area contributed by atoms with Crippen LogP contribution in [0.1, 0.15) is 89.0 Å². The predicted octanol–water partition coefficient (Wildman–Crippen LogP) is 11.8. The summed E-state index contributed by atoms with van der Waals surface area (Å²) in [6.07, 6.45) is 8.33. The molecule has 52 heavy (non-hydrogen) atoms. The summed E-state index contributed by atoms with van der Waals surface area (Å²) in [6, 6.07) is 32.7. The van der Waals surface area contributed by atoms with Crippen molar-refractivity contribution in [1.29, 1.82) is 0 Å². The number of nitrogens with zero attached hydrogens (tertiary/aromatic N) is 5. The van der Waals surface area contributed by atoms with Crippen LogP contribution in [0.2, 0.25) is 0 Å². The van der Waals surface area contributed by atoms with Crippen molar-refractivity contribution in [3.63, 3.8) is 0 Å². The van der Waals surface area contributed by atoms with E-state index in [4.69, 9.17) is 9.98 Å². The van der Waals surface area contributed by atoms with Crippen molar-refractivity contribution in [3.8, 4) is 11.4 Å². The Labute approximate surface area is 308 Å². The second kappa shape index (κ2) is 11.8. The van der Waals surface area contributed by atoms with E-state index in [1.807, 2.05) is 12.3 Å². The van der Waals surface area contributed by atoms with E-state index in [9.17, 15) is 0 Å². The van der Waals surface area contributed by atoms with Crippen molar-refractivity contribution in [1.82, 2.24) is 19.0 Å². The van der Waals surface area contributed by atoms with Gasteiger partial charge < -0.3 is 9.47 Å². The predicted molar refractivity (Wildman–Crippen MR) is 220 cm³/mol. The standard InChI is InChI=1S/C47H51N5/c1-29-16-20-40-38(25-29)36-19-18-34(51-41-21-17-30(2)26-39(41)37-15-12-22-48-44(37)51)28-42(36)50(40)35-24-31(3)23-32(27-35)43-49-45(46(4,5)6)47(7,8)52(43)33-13-10-9-11-14-33/h12,15-28,33,45H,9-11,13-14H2,1-8H3/t45-/m1/s1. The zero-order chi connectivity index (χ0) is 36.1. The Balaban J connectivity index is 1.28. The Kier molecular flexibility index (Phi) is 7.49. The second-order valence-corrected chi connectivity index (χ2v) is 17.4. The van der Waals surface area contributed by atoms with Crippen LogP contribution in [0.4, 0.5) is 0 Å². The Hall–Kier alpha value is -4.90. The van der Waals surface area contributed by atoms with E-state index >= 15 is 0 Å². The number of hydrogen-bond donors (Lipinski definition) is 0. The number of aliphatic imine (C=N–C) groups is 1. The van der Waals surface area contributed by atoms with Crippen LogP contribution in [0.25, 0.3) is 55.1 Å². The van der Waals surface area contributed by atoms with E-state index in [1.54, 1.807) is 0 Å². The lowest BCUT2D eigenvalue weighted by molar-refractivity contribution is 0.0894. The van der Waals surface area contributed by atoms with E-state index < -0.39 is 0 Å². The van der Waals surface area contributed by atoms with Gasteiger partial charge in [-0.05, 0) is 125 Å². The zero-order valence-corrected chi connectivity index (χ0v) is 32.1. The average Bonchev–Trinajstić information content (AvgIpc) is 3.72. The van der Waals surface area contributed by atoms with Crippen molar-refractivity contribution in [2.75, 3.05) is 0 Å². The molecule has 0 spiro atoms. The fraction of sp³-hybridized carbons (Fsp3) is 0.362. The van der Waals surface area contributed by atoms with Gasteiger partial charge in [-0.15, -0.1) is 0 Å². The quantitative estimate of drug-likeness (QED) is 0.185. The minimum atomic E-state index is -0.0757. The van der Waals surface area contributed by atoms with Gasteiger partial charge in [-0.25, -0.2) is 4.98 Å². The highest BCUT2D eigenvalue weighted by atomic mass is 15.3. The highest BCUT2D eigenvalue weighted by molar-refractivity contribution is 6.12. The SMILES string of the molecule is Cc1cc(C2=N[C@H](C(C)(C)C)C(C)(C)N2C2CCCCC2)cc(-n2c3ccc(C)cc3c3ccc(-n4c5ccc(C)cc5c5cccnc54)cc32)c1. The molecular weight excluding hydrogens is 635 g/mol. The molecule has 7 aromatic rings. The smallest absolute Gasteiger partial charge is 0.145 e. The van der Waals surface area contributed by atoms with Crippen LogP contribution in [-0.2, 0) is 0 Å². The highest BCUT2D eigenvalue weighted by Gasteiger charge is 2.50. The molecule has 0 N–H and O–H groups in total. The van der Waals surface area contributed by atoms with Gasteiger partial charge in [-0.3, -0.25) is 9.56 Å². The summed E-state index contributed by atoms with van der Waals surface area (Å²) >= 11 is 0. The first-order valence-corrected chi connectivity index (χ1v) is 19.3. The zero-order valence-electron chi connectivity index (χ0n) is 32.1. The fourth-order valence-corrected chi connectivity index (χ4v) is 9.98. The molecule has 1 fully saturated rings. The van der Waals surface area contributed by atoms with Crippen LogP contribution in [0.3, 0.4) is 0 Å². The minimum Gasteiger partial charge on any atom is -0.346 e. The van der Waals surface area contributed by atoms with Crippen LogP contribution in [0.5, 0.6) is 0 Å². The van der Waals surface area contributed by atoms with Crippen LogP contribution in [-0.4, -0.2) is 42.5 Å². The van der Waals surface area contributed by atoms with Gasteiger partial charge >= 0.3 is 0 Å². The molecule has 9 rings (SSSR count). The second-order valence-electron chi connectivity index (χ2n) is 17.4. The molecule has 1 aliphatic heterocycles. The summed E-state index contributed by atoms with van der Waals surface area (Å²) in [4.78, 5) is 13.3. The molecule has 3 aromatic heterocycles. The largest absolute Gasteiger partial charge is 0.346 e. The molecule has 1 aliphatic carbocycles. The van der Waals surface area contributed by atoms with Crippen molar-refractivity contribution < 1.29 is 0 Å². The van der Waals surface area contributed by atoms with E-state index in [2.05, 4.69) is 148 Å². The maximum absolute atomic E-state index is 5.67. The first kappa shape index (κ1) is 33.0. The van der Waals surface area contributed by atoms with Gasteiger partial charge in [0.2, 0.25) is 0 Å². The van der Waals surface area contributed by atoms with Gasteiger partial charge in [-0.2, -0.15) is 0 Å². The fourth-order valence-electron chi connectivity index (χ4n) is 9.98. The molecule has 0 unspecified atom stereocenters. The third-order valence-corrected chi connectivity index (χ3v) is 12.0. The van der Waals surface area contributed by atoms with Gasteiger partial charge in [0.05, 0.1) is 28.1 Å². The Morgan fingerprint density at radius 1 is 0.635 bits per heavy atom. The first-order valence-electron chi connectivity index (χ1n) is 19.3. The summed E-state index contributed by atoms with van der Waals surface area (Å²) in [5.74, 6) is 1.17. The Morgan fingerprint density at radius 3 is 2.04 bits per heavy atom. The lowest BCUT2D eigenvalue weighted by Gasteiger charge is -2.47. The molecule has 5 nitrogen and oxygen atoms in total. The number of aromatic nitrogens is 3. The van der Waals surface area contributed by atoms with Crippen molar-refractivity contribution in [2.45, 2.75) is 105 Å². The molecule has 2 aliphatic rings. The van der Waals surface area contributed by atoms with Crippen molar-refractivity contribution in [3.05, 3.63) is 113 Å². The molecule has 0 amide bonds. The summed E-state index contributed by atoms with van der Waals surface area (Å²) in [5.41, 5.74) is 11.8. The number of fused-ring (bicyclic) bond motifs is 6. The Morgan fingerprint density at radius 2 is 1.33 bits per heavy atom. The monoisotopic (exact) mass is 685 g/mol. The average molecular weight is 686 g/mol. The molecular formula is C47H51N5. The van der Waals surface area contributed by atoms with E-state index in [-0.39, 0.29) is 17.0 Å². The number of amidine groups is 1. The number of benzene rings is 4. The summed E-state index contributed by atoms with van der Waals surface area (Å²) < 4.78 is 4.82. The molecule has 5 heteroatoms. The van der Waals surface area contributed by atoms with E-state index in [0.29, 0.717) is 6.04 Å². The lowest BCUT2D eigenvalue weighted by Crippen LogP contribution is -2.56. The highest BCUT2D eigenvalue weighted by Crippen LogP contribution is 2.45. The van der Waals surface area contributed by atoms with Gasteiger partial charge in [0.1, 0.15) is 11.5 Å². The van der Waals surface area contributed by atoms with Gasteiger partial charge in [0, 0.05) is 50.7 Å². The van der Waals surface area contributed by atoms with Crippen LogP contribution in [0, 0.1) is 26.2 Å². The van der Waals surface area contributed by atoms with Crippen LogP contribution in [0.15, 0.2) is 96.1 Å². The van der Waals surface area contributed by atoms with Gasteiger partial charge in [0.15, 0.2) is 0 Å². The Bertz CT molecular complexity index is 2570. The first-order chi connectivity index (χ1) is 24.9. The van der Waals surface area contributed by atoms with Crippen LogP contribution < -0.4 is 0 Å². The molecule has 4 aromatic carbocycles. The lowest BCUT2D eigenvalue weighted by atomic mass is 9.75. The van der Waals surface area contributed by atoms with E-state index in [0.717, 1.165) is 11.3 Å². The molecule has 0 bridgehead atoms. The molecule has 1 atom stereocenters. The third kappa shape index (κ3) is 5.10. The topological polar surface area (TPSA) is 38.4 Å². The molecule has 4 heterocycles. The number of rotatable bonds is 4. The third-order valence-electron chi connectivity index (χ3n) is 12.0. The summed E-state index contributed by atoms with van der Waals surface area (Å²) in [7, 11) is 0. The number of pyridine rings is 1. The van der Waals surface area contributed by atoms with E-state index in [1.165, 1.54) is 104 Å². The molecule has 0 saturated heterocycles. The van der Waals surface area contributed by atoms with Crippen molar-refractivity contribution >= 4 is 49.6 Å².